The van der Waals surface area contributed by atoms with Gasteiger partial charge in [-0.1, -0.05) is 47.3 Å². The molecule has 2 saturated heterocycles. The summed E-state index contributed by atoms with van der Waals surface area (Å²) in [4.78, 5) is 8.70. The van der Waals surface area contributed by atoms with Gasteiger partial charge in [-0.25, -0.2) is 4.98 Å². The van der Waals surface area contributed by atoms with Crippen LogP contribution < -0.4 is 5.73 Å². The van der Waals surface area contributed by atoms with Gasteiger partial charge in [0.15, 0.2) is 23.2 Å². The van der Waals surface area contributed by atoms with Gasteiger partial charge in [0, 0.05) is 5.75 Å². The van der Waals surface area contributed by atoms with Gasteiger partial charge in [-0.05, 0) is 19.4 Å². The predicted molar refractivity (Wildman–Crippen MR) is 108 cm³/mol. The second-order valence-corrected chi connectivity index (χ2v) is 8.64. The largest absolute Gasteiger partial charge is 0.394 e. The van der Waals surface area contributed by atoms with Crippen LogP contribution in [0.25, 0.3) is 11.2 Å². The summed E-state index contributed by atoms with van der Waals surface area (Å²) >= 11 is 1.51. The average molecular weight is 430 g/mol. The van der Waals surface area contributed by atoms with Crippen LogP contribution >= 0.6 is 11.8 Å². The highest BCUT2D eigenvalue weighted by atomic mass is 32.2. The fraction of sp³-hybridized carbons (Fsp3) is 0.474. The van der Waals surface area contributed by atoms with Gasteiger partial charge >= 0.3 is 0 Å². The van der Waals surface area contributed by atoms with Crippen molar-refractivity contribution in [3.05, 3.63) is 35.9 Å². The Labute approximate surface area is 176 Å². The van der Waals surface area contributed by atoms with Crippen LogP contribution in [0, 0.1) is 0 Å². The van der Waals surface area contributed by atoms with Gasteiger partial charge in [-0.15, -0.1) is 5.10 Å². The molecule has 158 valence electrons. The molecule has 11 heteroatoms. The van der Waals surface area contributed by atoms with E-state index < -0.39 is 30.3 Å². The van der Waals surface area contributed by atoms with Gasteiger partial charge in [-0.2, -0.15) is 9.67 Å². The molecule has 2 aromatic heterocycles. The normalized spacial score (nSPS) is 27.6. The van der Waals surface area contributed by atoms with Crippen molar-refractivity contribution in [1.29, 1.82) is 0 Å². The third-order valence-electron chi connectivity index (χ3n) is 5.07. The van der Waals surface area contributed by atoms with Crippen molar-refractivity contribution in [1.82, 2.24) is 25.0 Å². The summed E-state index contributed by atoms with van der Waals surface area (Å²) in [5, 5.41) is 18.9. The molecule has 0 amide bonds. The number of nitrogens with two attached hydrogens (primary N) is 1. The van der Waals surface area contributed by atoms with Crippen LogP contribution in [-0.4, -0.2) is 60.8 Å². The van der Waals surface area contributed by atoms with Crippen LogP contribution in [0.2, 0.25) is 0 Å². The Morgan fingerprint density at radius 3 is 2.70 bits per heavy atom. The molecule has 4 unspecified atom stereocenters. The molecule has 2 aliphatic heterocycles. The third kappa shape index (κ3) is 3.42. The Hall–Kier alpha value is -2.31. The number of thioether (sulfide) groups is 1. The smallest absolute Gasteiger partial charge is 0.223 e. The number of benzene rings is 1. The zero-order valence-corrected chi connectivity index (χ0v) is 17.3. The van der Waals surface area contributed by atoms with E-state index in [4.69, 9.17) is 19.9 Å². The lowest BCUT2D eigenvalue weighted by Crippen LogP contribution is -2.31. The van der Waals surface area contributed by atoms with Gasteiger partial charge in [0.05, 0.1) is 6.61 Å². The van der Waals surface area contributed by atoms with E-state index in [-0.39, 0.29) is 12.6 Å². The van der Waals surface area contributed by atoms with Crippen molar-refractivity contribution >= 4 is 28.9 Å². The molecule has 3 aromatic rings. The van der Waals surface area contributed by atoms with E-state index in [0.29, 0.717) is 21.9 Å². The maximum absolute atomic E-state index is 9.72. The molecule has 0 aliphatic carbocycles. The van der Waals surface area contributed by atoms with Crippen molar-refractivity contribution in [2.45, 2.75) is 55.0 Å². The molecule has 30 heavy (non-hydrogen) atoms. The second kappa shape index (κ2) is 7.43. The first-order valence-electron chi connectivity index (χ1n) is 9.62. The molecule has 0 saturated carbocycles. The van der Waals surface area contributed by atoms with Crippen molar-refractivity contribution in [2.75, 3.05) is 12.3 Å². The molecule has 2 aliphatic rings. The number of nitrogen functional groups attached to an aromatic ring is 1. The van der Waals surface area contributed by atoms with Gasteiger partial charge in [0.25, 0.3) is 0 Å². The maximum Gasteiger partial charge on any atom is 0.223 e. The second-order valence-electron chi connectivity index (χ2n) is 7.68. The molecule has 0 radical (unpaired) electrons. The van der Waals surface area contributed by atoms with Crippen LogP contribution in [-0.2, 0) is 20.0 Å². The summed E-state index contributed by atoms with van der Waals surface area (Å²) in [7, 11) is 0. The topological polar surface area (TPSA) is 130 Å². The van der Waals surface area contributed by atoms with E-state index in [9.17, 15) is 5.11 Å². The van der Waals surface area contributed by atoms with E-state index in [1.165, 1.54) is 16.4 Å². The Kier molecular flexibility index (Phi) is 4.86. The lowest BCUT2D eigenvalue weighted by atomic mass is 10.1. The monoisotopic (exact) mass is 430 g/mol. The van der Waals surface area contributed by atoms with E-state index in [1.807, 2.05) is 44.2 Å². The number of fused-ring (bicyclic) bond motifs is 2. The number of aliphatic hydroxyl groups is 1. The van der Waals surface area contributed by atoms with Crippen LogP contribution in [0.4, 0.5) is 5.95 Å². The number of aliphatic hydroxyl groups excluding tert-OH is 1. The van der Waals surface area contributed by atoms with E-state index >= 15 is 0 Å². The number of aromatic nitrogens is 5. The Bertz CT molecular complexity index is 1060. The molecule has 3 N–H and O–H groups in total. The number of hydrogen-bond acceptors (Lipinski definition) is 10. The van der Waals surface area contributed by atoms with Gasteiger partial charge < -0.3 is 25.1 Å². The fourth-order valence-electron chi connectivity index (χ4n) is 3.82. The molecule has 4 heterocycles. The summed E-state index contributed by atoms with van der Waals surface area (Å²) < 4.78 is 19.5. The molecule has 5 rings (SSSR count). The average Bonchev–Trinajstić information content (AvgIpc) is 3.37. The zero-order valence-electron chi connectivity index (χ0n) is 16.5. The van der Waals surface area contributed by atoms with E-state index in [1.54, 1.807) is 0 Å². The maximum atomic E-state index is 9.72. The van der Waals surface area contributed by atoms with Crippen LogP contribution in [0.15, 0.2) is 35.4 Å². The van der Waals surface area contributed by atoms with Crippen molar-refractivity contribution < 1.29 is 19.3 Å². The first kappa shape index (κ1) is 19.6. The number of hydrogen-bond donors (Lipinski definition) is 2. The number of rotatable bonds is 5. The molecule has 0 spiro atoms. The molecule has 10 nitrogen and oxygen atoms in total. The minimum absolute atomic E-state index is 0.124. The Morgan fingerprint density at radius 2 is 1.93 bits per heavy atom. The third-order valence-corrected chi connectivity index (χ3v) is 6.11. The number of nitrogens with zero attached hydrogens (tertiary/aromatic N) is 5. The molecular formula is C19H22N6O4S. The summed E-state index contributed by atoms with van der Waals surface area (Å²) in [6, 6.07) is 10.1. The Balaban J connectivity index is 1.48. The summed E-state index contributed by atoms with van der Waals surface area (Å²) in [5.74, 6) is 0.0480. The number of ether oxygens (including phenoxy) is 3. The van der Waals surface area contributed by atoms with E-state index in [0.717, 1.165) is 5.56 Å². The highest BCUT2D eigenvalue weighted by Crippen LogP contribution is 2.43. The van der Waals surface area contributed by atoms with Crippen LogP contribution in [0.1, 0.15) is 25.6 Å². The standard InChI is InChI=1S/C19H22N6O4S/c1-19(2)28-13-11(8-26)27-17(14(13)29-19)25-15-12(23-24-25)16(22-18(20)21-15)30-9-10-6-4-3-5-7-10/h3-7,11,13-14,17,26H,8-9H2,1-2H3,(H2,20,21,22). The SMILES string of the molecule is CC1(C)OC2C(CO)OC(n3nnc4c(SCc5ccccc5)nc(N)nc43)C2O1. The minimum Gasteiger partial charge on any atom is -0.394 e. The first-order valence-corrected chi connectivity index (χ1v) is 10.6. The van der Waals surface area contributed by atoms with Gasteiger partial charge in [0.2, 0.25) is 5.95 Å². The lowest BCUT2D eigenvalue weighted by Gasteiger charge is -2.23. The molecule has 4 atom stereocenters. The highest BCUT2D eigenvalue weighted by Gasteiger charge is 2.56. The van der Waals surface area contributed by atoms with Crippen LogP contribution in [0.3, 0.4) is 0 Å². The molecule has 1 aromatic carbocycles. The summed E-state index contributed by atoms with van der Waals surface area (Å²) in [5.41, 5.74) is 8.13. The van der Waals surface area contributed by atoms with E-state index in [2.05, 4.69) is 20.3 Å². The molecular weight excluding hydrogens is 408 g/mol. The fourth-order valence-corrected chi connectivity index (χ4v) is 4.75. The minimum atomic E-state index is -0.786. The molecule has 2 fully saturated rings. The predicted octanol–water partition coefficient (Wildman–Crippen LogP) is 1.51. The summed E-state index contributed by atoms with van der Waals surface area (Å²) in [6.07, 6.45) is -2.06. The first-order chi connectivity index (χ1) is 14.4. The van der Waals surface area contributed by atoms with Crippen molar-refractivity contribution in [3.8, 4) is 0 Å². The number of anilines is 1. The summed E-state index contributed by atoms with van der Waals surface area (Å²) in [6.45, 7) is 3.46. The van der Waals surface area contributed by atoms with Gasteiger partial charge in [0.1, 0.15) is 23.3 Å². The van der Waals surface area contributed by atoms with Gasteiger partial charge in [-0.3, -0.25) is 0 Å². The van der Waals surface area contributed by atoms with Crippen LogP contribution in [0.5, 0.6) is 0 Å². The zero-order chi connectivity index (χ0) is 20.9. The molecule has 0 bridgehead atoms. The van der Waals surface area contributed by atoms with Crippen molar-refractivity contribution in [3.63, 3.8) is 0 Å². The Morgan fingerprint density at radius 1 is 1.17 bits per heavy atom. The quantitative estimate of drug-likeness (QED) is 0.453. The highest BCUT2D eigenvalue weighted by molar-refractivity contribution is 7.98. The lowest BCUT2D eigenvalue weighted by molar-refractivity contribution is -0.201. The van der Waals surface area contributed by atoms with Crippen molar-refractivity contribution in [2.24, 2.45) is 0 Å².